The van der Waals surface area contributed by atoms with Crippen molar-refractivity contribution >= 4 is 11.7 Å². The van der Waals surface area contributed by atoms with Gasteiger partial charge in [0.25, 0.3) is 5.91 Å². The van der Waals surface area contributed by atoms with Gasteiger partial charge in [-0.05, 0) is 48.0 Å². The number of ketones is 1. The summed E-state index contributed by atoms with van der Waals surface area (Å²) in [7, 11) is 1.33. The zero-order valence-electron chi connectivity index (χ0n) is 16.4. The number of benzene rings is 3. The predicted molar refractivity (Wildman–Crippen MR) is 110 cm³/mol. The van der Waals surface area contributed by atoms with E-state index in [9.17, 15) is 24.9 Å². The Balaban J connectivity index is 2.08. The number of aromatic hydroxyl groups is 3. The molecule has 4 N–H and O–H groups in total. The Labute approximate surface area is 177 Å². The number of amides is 1. The largest absolute Gasteiger partial charge is 0.508 e. The summed E-state index contributed by atoms with van der Waals surface area (Å²) >= 11 is 0. The summed E-state index contributed by atoms with van der Waals surface area (Å²) in [5.41, 5.74) is 0.292. The van der Waals surface area contributed by atoms with E-state index >= 15 is 0 Å². The Morgan fingerprint density at radius 2 is 1.68 bits per heavy atom. The molecule has 3 aromatic carbocycles. The van der Waals surface area contributed by atoms with E-state index < -0.39 is 17.7 Å². The molecule has 0 spiro atoms. The van der Waals surface area contributed by atoms with Gasteiger partial charge in [0.15, 0.2) is 5.78 Å². The predicted octanol–water partition coefficient (Wildman–Crippen LogP) is 3.04. The lowest BCUT2D eigenvalue weighted by molar-refractivity contribution is 0.0853. The van der Waals surface area contributed by atoms with Gasteiger partial charge in [0, 0.05) is 11.6 Å². The van der Waals surface area contributed by atoms with Crippen molar-refractivity contribution in [3.8, 4) is 29.1 Å². The molecule has 0 bridgehead atoms. The van der Waals surface area contributed by atoms with Gasteiger partial charge < -0.3 is 25.4 Å². The average Bonchev–Trinajstić information content (AvgIpc) is 2.75. The first-order chi connectivity index (χ1) is 14.8. The van der Waals surface area contributed by atoms with Crippen molar-refractivity contribution in [3.63, 3.8) is 0 Å². The summed E-state index contributed by atoms with van der Waals surface area (Å²) in [6, 6.07) is 14.2. The lowest BCUT2D eigenvalue weighted by Gasteiger charge is -2.20. The third kappa shape index (κ3) is 4.57. The molecule has 8 nitrogen and oxygen atoms in total. The zero-order chi connectivity index (χ0) is 22.5. The van der Waals surface area contributed by atoms with Crippen LogP contribution in [0.15, 0.2) is 60.7 Å². The van der Waals surface area contributed by atoms with Crippen LogP contribution in [-0.4, -0.2) is 34.1 Å². The van der Waals surface area contributed by atoms with Crippen LogP contribution in [-0.2, 0) is 0 Å². The van der Waals surface area contributed by atoms with E-state index in [0.29, 0.717) is 0 Å². The summed E-state index contributed by atoms with van der Waals surface area (Å²) in [4.78, 5) is 26.2. The van der Waals surface area contributed by atoms with Gasteiger partial charge in [-0.1, -0.05) is 12.1 Å². The van der Waals surface area contributed by atoms with Crippen LogP contribution in [0, 0.1) is 11.3 Å². The number of nitriles is 1. The highest BCUT2D eigenvalue weighted by Crippen LogP contribution is 2.34. The molecule has 0 saturated carbocycles. The van der Waals surface area contributed by atoms with E-state index in [2.05, 4.69) is 5.32 Å². The molecule has 156 valence electrons. The van der Waals surface area contributed by atoms with E-state index in [0.717, 1.165) is 6.07 Å². The van der Waals surface area contributed by atoms with Gasteiger partial charge in [0.1, 0.15) is 34.6 Å². The molecule has 0 aliphatic carbocycles. The fourth-order valence-corrected chi connectivity index (χ4v) is 3.11. The van der Waals surface area contributed by atoms with Crippen molar-refractivity contribution < 1.29 is 29.6 Å². The Kier molecular flexibility index (Phi) is 6.07. The number of carbonyl (C=O) groups is 2. The Bertz CT molecular complexity index is 1180. The molecule has 8 heteroatoms. The van der Waals surface area contributed by atoms with Crippen LogP contribution in [0.1, 0.15) is 37.9 Å². The number of carbonyl (C=O) groups excluding carboxylic acids is 2. The SMILES string of the molecule is COc1cccc(O)c1C(=O)[C@H](NC(=O)c1cccc(C#N)c1)c1cc(O)cc(O)c1. The number of methoxy groups -OCH3 is 1. The molecule has 0 fully saturated rings. The number of nitrogens with one attached hydrogen (secondary N) is 1. The third-order valence-corrected chi connectivity index (χ3v) is 4.52. The average molecular weight is 418 g/mol. The van der Waals surface area contributed by atoms with E-state index in [1.54, 1.807) is 0 Å². The first-order valence-corrected chi connectivity index (χ1v) is 9.08. The van der Waals surface area contributed by atoms with Gasteiger partial charge in [-0.15, -0.1) is 0 Å². The van der Waals surface area contributed by atoms with Crippen LogP contribution in [0.4, 0.5) is 0 Å². The maximum absolute atomic E-state index is 13.4. The minimum Gasteiger partial charge on any atom is -0.508 e. The molecule has 0 aliphatic heterocycles. The second-order valence-electron chi connectivity index (χ2n) is 6.60. The van der Waals surface area contributed by atoms with E-state index in [-0.39, 0.29) is 45.3 Å². The van der Waals surface area contributed by atoms with Crippen molar-refractivity contribution in [3.05, 3.63) is 82.9 Å². The lowest BCUT2D eigenvalue weighted by Crippen LogP contribution is -2.34. The van der Waals surface area contributed by atoms with Crippen LogP contribution >= 0.6 is 0 Å². The molecule has 0 aliphatic rings. The first kappa shape index (κ1) is 21.2. The van der Waals surface area contributed by atoms with Crippen molar-refractivity contribution in [2.45, 2.75) is 6.04 Å². The normalized spacial score (nSPS) is 11.2. The molecule has 1 atom stereocenters. The molecule has 3 aromatic rings. The zero-order valence-corrected chi connectivity index (χ0v) is 16.4. The van der Waals surface area contributed by atoms with Crippen LogP contribution in [0.2, 0.25) is 0 Å². The molecule has 3 rings (SSSR count). The van der Waals surface area contributed by atoms with Gasteiger partial charge in [-0.2, -0.15) is 5.26 Å². The minimum absolute atomic E-state index is 0.0811. The Morgan fingerprint density at radius 1 is 1.00 bits per heavy atom. The van der Waals surface area contributed by atoms with Crippen LogP contribution in [0.5, 0.6) is 23.0 Å². The van der Waals surface area contributed by atoms with Crippen molar-refractivity contribution in [1.29, 1.82) is 5.26 Å². The Morgan fingerprint density at radius 3 is 2.32 bits per heavy atom. The van der Waals surface area contributed by atoms with Crippen molar-refractivity contribution in [1.82, 2.24) is 5.32 Å². The monoisotopic (exact) mass is 418 g/mol. The maximum atomic E-state index is 13.4. The molecule has 0 radical (unpaired) electrons. The summed E-state index contributed by atoms with van der Waals surface area (Å²) in [6.45, 7) is 0. The van der Waals surface area contributed by atoms with Crippen LogP contribution in [0.3, 0.4) is 0 Å². The highest BCUT2D eigenvalue weighted by Gasteiger charge is 2.30. The van der Waals surface area contributed by atoms with E-state index in [1.807, 2.05) is 6.07 Å². The number of hydrogen-bond acceptors (Lipinski definition) is 7. The van der Waals surface area contributed by atoms with Gasteiger partial charge >= 0.3 is 0 Å². The standard InChI is InChI=1S/C23H18N2O6/c1-31-19-7-3-6-18(28)20(19)22(29)21(15-9-16(26)11-17(27)10-15)25-23(30)14-5-2-4-13(8-14)12-24/h2-11,21,26-28H,1H3,(H,25,30)/t21-/m1/s1. The summed E-state index contributed by atoms with van der Waals surface area (Å²) in [6.07, 6.45) is 0. The molecule has 1 amide bonds. The molecule has 0 saturated heterocycles. The van der Waals surface area contributed by atoms with Crippen LogP contribution in [0.25, 0.3) is 0 Å². The van der Waals surface area contributed by atoms with Crippen molar-refractivity contribution in [2.75, 3.05) is 7.11 Å². The third-order valence-electron chi connectivity index (χ3n) is 4.52. The lowest BCUT2D eigenvalue weighted by atomic mass is 9.95. The fraction of sp³-hybridized carbons (Fsp3) is 0.0870. The Hall–Kier alpha value is -4.51. The second-order valence-corrected chi connectivity index (χ2v) is 6.60. The first-order valence-electron chi connectivity index (χ1n) is 9.08. The second kappa shape index (κ2) is 8.88. The number of nitrogens with zero attached hydrogens (tertiary/aromatic N) is 1. The van der Waals surface area contributed by atoms with Gasteiger partial charge in [0.2, 0.25) is 0 Å². The molecular formula is C23H18N2O6. The number of rotatable bonds is 6. The number of Topliss-reactive ketones (excluding diaryl/α,β-unsaturated/α-hetero) is 1. The number of hydrogen-bond donors (Lipinski definition) is 4. The van der Waals surface area contributed by atoms with Gasteiger partial charge in [0.05, 0.1) is 18.7 Å². The van der Waals surface area contributed by atoms with Crippen molar-refractivity contribution in [2.24, 2.45) is 0 Å². The highest BCUT2D eigenvalue weighted by atomic mass is 16.5. The topological polar surface area (TPSA) is 140 Å². The van der Waals surface area contributed by atoms with Gasteiger partial charge in [-0.25, -0.2) is 0 Å². The number of phenols is 3. The summed E-state index contributed by atoms with van der Waals surface area (Å²) < 4.78 is 5.17. The molecular weight excluding hydrogens is 400 g/mol. The molecule has 0 aromatic heterocycles. The van der Waals surface area contributed by atoms with Gasteiger partial charge in [-0.3, -0.25) is 9.59 Å². The number of ether oxygens (including phenoxy) is 1. The van der Waals surface area contributed by atoms with E-state index in [4.69, 9.17) is 10.00 Å². The summed E-state index contributed by atoms with van der Waals surface area (Å²) in [5, 5.41) is 41.6. The smallest absolute Gasteiger partial charge is 0.252 e. The fourth-order valence-electron chi connectivity index (χ4n) is 3.11. The molecule has 0 unspecified atom stereocenters. The van der Waals surface area contributed by atoms with Crippen LogP contribution < -0.4 is 10.1 Å². The molecule has 31 heavy (non-hydrogen) atoms. The minimum atomic E-state index is -1.39. The van der Waals surface area contributed by atoms with E-state index in [1.165, 1.54) is 61.7 Å². The summed E-state index contributed by atoms with van der Waals surface area (Å²) in [5.74, 6) is -2.33. The highest BCUT2D eigenvalue weighted by molar-refractivity contribution is 6.08. The molecule has 0 heterocycles. The number of phenolic OH excluding ortho intramolecular Hbond substituents is 3. The quantitative estimate of drug-likeness (QED) is 0.451. The maximum Gasteiger partial charge on any atom is 0.252 e.